The molecule has 1 aliphatic rings. The minimum absolute atomic E-state index is 0.171. The van der Waals surface area contributed by atoms with E-state index in [-0.39, 0.29) is 11.9 Å². The quantitative estimate of drug-likeness (QED) is 0.849. The van der Waals surface area contributed by atoms with Gasteiger partial charge in [0.2, 0.25) is 0 Å². The number of aryl methyl sites for hydroxylation is 1. The highest BCUT2D eigenvalue weighted by Gasteiger charge is 2.20. The van der Waals surface area contributed by atoms with Crippen molar-refractivity contribution in [1.29, 1.82) is 0 Å². The van der Waals surface area contributed by atoms with E-state index in [4.69, 9.17) is 4.74 Å². The van der Waals surface area contributed by atoms with Crippen LogP contribution >= 0.6 is 15.9 Å². The predicted octanol–water partition coefficient (Wildman–Crippen LogP) is 2.56. The van der Waals surface area contributed by atoms with E-state index >= 15 is 0 Å². The van der Waals surface area contributed by atoms with Gasteiger partial charge in [0.15, 0.2) is 0 Å². The van der Waals surface area contributed by atoms with Crippen molar-refractivity contribution in [2.24, 2.45) is 0 Å². The molecule has 0 spiro atoms. The fourth-order valence-corrected chi connectivity index (χ4v) is 2.34. The van der Waals surface area contributed by atoms with Crippen molar-refractivity contribution in [3.8, 4) is 0 Å². The summed E-state index contributed by atoms with van der Waals surface area (Å²) in [4.78, 5) is 0. The number of benzene rings is 1. The van der Waals surface area contributed by atoms with Gasteiger partial charge in [-0.05, 0) is 34.5 Å². The van der Waals surface area contributed by atoms with Crippen molar-refractivity contribution in [2.75, 3.05) is 19.7 Å². The molecule has 1 saturated heterocycles. The van der Waals surface area contributed by atoms with Crippen LogP contribution in [0, 0.1) is 12.7 Å². The summed E-state index contributed by atoms with van der Waals surface area (Å²) in [5, 5.41) is 3.19. The largest absolute Gasteiger partial charge is 0.371 e. The Bertz CT molecular complexity index is 364. The molecule has 4 heteroatoms. The van der Waals surface area contributed by atoms with Crippen molar-refractivity contribution >= 4 is 15.9 Å². The molecule has 1 fully saturated rings. The van der Waals surface area contributed by atoms with Crippen molar-refractivity contribution in [3.63, 3.8) is 0 Å². The first-order valence-electron chi connectivity index (χ1n) is 4.96. The standard InChI is InChI=1S/C11H13BrFNO/c1-7-4-8(11(13)9(12)5-7)10-6-14-2-3-15-10/h4-5,10,14H,2-3,6H2,1H3. The average Bonchev–Trinajstić information content (AvgIpc) is 2.24. The molecule has 1 aromatic rings. The van der Waals surface area contributed by atoms with Gasteiger partial charge < -0.3 is 10.1 Å². The minimum atomic E-state index is -0.214. The topological polar surface area (TPSA) is 21.3 Å². The minimum Gasteiger partial charge on any atom is -0.371 e. The molecule has 1 aromatic carbocycles. The number of morpholine rings is 1. The third kappa shape index (κ3) is 2.38. The molecule has 0 amide bonds. The Morgan fingerprint density at radius 2 is 2.33 bits per heavy atom. The van der Waals surface area contributed by atoms with Crippen LogP contribution in [0.2, 0.25) is 0 Å². The van der Waals surface area contributed by atoms with Gasteiger partial charge in [0.1, 0.15) is 5.82 Å². The van der Waals surface area contributed by atoms with Gasteiger partial charge >= 0.3 is 0 Å². The van der Waals surface area contributed by atoms with Gasteiger partial charge in [0.05, 0.1) is 17.2 Å². The van der Waals surface area contributed by atoms with Gasteiger partial charge in [0, 0.05) is 18.7 Å². The second-order valence-electron chi connectivity index (χ2n) is 3.71. The Morgan fingerprint density at radius 1 is 1.53 bits per heavy atom. The molecule has 1 atom stereocenters. The molecular formula is C11H13BrFNO. The summed E-state index contributed by atoms with van der Waals surface area (Å²) in [5.41, 5.74) is 1.67. The smallest absolute Gasteiger partial charge is 0.143 e. The highest BCUT2D eigenvalue weighted by molar-refractivity contribution is 9.10. The van der Waals surface area contributed by atoms with Crippen LogP contribution in [0.3, 0.4) is 0 Å². The lowest BCUT2D eigenvalue weighted by molar-refractivity contribution is 0.0254. The Morgan fingerprint density at radius 3 is 3.00 bits per heavy atom. The molecule has 1 heterocycles. The van der Waals surface area contributed by atoms with Gasteiger partial charge in [-0.25, -0.2) is 4.39 Å². The first-order valence-corrected chi connectivity index (χ1v) is 5.75. The average molecular weight is 274 g/mol. The van der Waals surface area contributed by atoms with Crippen LogP contribution in [0.5, 0.6) is 0 Å². The van der Waals surface area contributed by atoms with Crippen LogP contribution in [-0.2, 0) is 4.74 Å². The van der Waals surface area contributed by atoms with Crippen molar-refractivity contribution in [3.05, 3.63) is 33.5 Å². The molecule has 0 aromatic heterocycles. The lowest BCUT2D eigenvalue weighted by Crippen LogP contribution is -2.33. The first kappa shape index (κ1) is 11.0. The van der Waals surface area contributed by atoms with E-state index in [1.807, 2.05) is 13.0 Å². The lowest BCUT2D eigenvalue weighted by Gasteiger charge is -2.24. The van der Waals surface area contributed by atoms with Gasteiger partial charge in [-0.3, -0.25) is 0 Å². The lowest BCUT2D eigenvalue weighted by atomic mass is 10.1. The van der Waals surface area contributed by atoms with Crippen LogP contribution in [0.15, 0.2) is 16.6 Å². The van der Waals surface area contributed by atoms with Crippen LogP contribution < -0.4 is 5.32 Å². The van der Waals surface area contributed by atoms with E-state index in [0.29, 0.717) is 23.2 Å². The maximum atomic E-state index is 13.8. The van der Waals surface area contributed by atoms with Gasteiger partial charge in [0.25, 0.3) is 0 Å². The summed E-state index contributed by atoms with van der Waals surface area (Å²) in [5.74, 6) is -0.214. The van der Waals surface area contributed by atoms with Crippen LogP contribution in [0.1, 0.15) is 17.2 Å². The number of nitrogens with one attached hydrogen (secondary N) is 1. The molecule has 0 aliphatic carbocycles. The monoisotopic (exact) mass is 273 g/mol. The highest BCUT2D eigenvalue weighted by Crippen LogP contribution is 2.28. The summed E-state index contributed by atoms with van der Waals surface area (Å²) >= 11 is 3.21. The van der Waals surface area contributed by atoms with E-state index < -0.39 is 0 Å². The second-order valence-corrected chi connectivity index (χ2v) is 4.57. The Labute approximate surface area is 96.9 Å². The molecule has 2 nitrogen and oxygen atoms in total. The first-order chi connectivity index (χ1) is 7.18. The molecule has 15 heavy (non-hydrogen) atoms. The Kier molecular flexibility index (Phi) is 3.38. The van der Waals surface area contributed by atoms with Crippen molar-refractivity contribution < 1.29 is 9.13 Å². The normalized spacial score (nSPS) is 21.7. The summed E-state index contributed by atoms with van der Waals surface area (Å²) < 4.78 is 19.8. The van der Waals surface area contributed by atoms with Crippen LogP contribution in [0.4, 0.5) is 4.39 Å². The number of hydrogen-bond donors (Lipinski definition) is 1. The zero-order valence-electron chi connectivity index (χ0n) is 8.52. The summed E-state index contributed by atoms with van der Waals surface area (Å²) in [6.45, 7) is 4.09. The van der Waals surface area contributed by atoms with E-state index in [1.165, 1.54) is 0 Å². The molecule has 2 rings (SSSR count). The molecule has 1 aliphatic heterocycles. The van der Waals surface area contributed by atoms with E-state index in [9.17, 15) is 4.39 Å². The van der Waals surface area contributed by atoms with E-state index in [2.05, 4.69) is 21.2 Å². The number of halogens is 2. The second kappa shape index (κ2) is 4.60. The number of hydrogen-bond acceptors (Lipinski definition) is 2. The molecule has 0 saturated carbocycles. The van der Waals surface area contributed by atoms with Gasteiger partial charge in [-0.2, -0.15) is 0 Å². The third-order valence-corrected chi connectivity index (χ3v) is 3.05. The van der Waals surface area contributed by atoms with Crippen molar-refractivity contribution in [1.82, 2.24) is 5.32 Å². The maximum absolute atomic E-state index is 13.8. The molecule has 1 N–H and O–H groups in total. The van der Waals surface area contributed by atoms with Crippen LogP contribution in [0.25, 0.3) is 0 Å². The number of ether oxygens (including phenoxy) is 1. The number of rotatable bonds is 1. The summed E-state index contributed by atoms with van der Waals surface area (Å²) in [7, 11) is 0. The Balaban J connectivity index is 2.33. The molecular weight excluding hydrogens is 261 g/mol. The Hall–Kier alpha value is -0.450. The van der Waals surface area contributed by atoms with Gasteiger partial charge in [-0.1, -0.05) is 6.07 Å². The highest BCUT2D eigenvalue weighted by atomic mass is 79.9. The predicted molar refractivity (Wildman–Crippen MR) is 60.4 cm³/mol. The van der Waals surface area contributed by atoms with Crippen LogP contribution in [-0.4, -0.2) is 19.7 Å². The molecule has 82 valence electrons. The fourth-order valence-electron chi connectivity index (χ4n) is 1.75. The molecule has 0 radical (unpaired) electrons. The third-order valence-electron chi connectivity index (χ3n) is 2.48. The van der Waals surface area contributed by atoms with Gasteiger partial charge in [-0.15, -0.1) is 0 Å². The summed E-state index contributed by atoms with van der Waals surface area (Å²) in [6, 6.07) is 3.62. The maximum Gasteiger partial charge on any atom is 0.143 e. The van der Waals surface area contributed by atoms with E-state index in [1.54, 1.807) is 6.07 Å². The zero-order valence-corrected chi connectivity index (χ0v) is 10.1. The zero-order chi connectivity index (χ0) is 10.8. The SMILES string of the molecule is Cc1cc(Br)c(F)c(C2CNCCO2)c1. The van der Waals surface area contributed by atoms with Crippen molar-refractivity contribution in [2.45, 2.75) is 13.0 Å². The van der Waals surface area contributed by atoms with E-state index in [0.717, 1.165) is 12.1 Å². The fraction of sp³-hybridized carbons (Fsp3) is 0.455. The molecule has 0 bridgehead atoms. The molecule has 1 unspecified atom stereocenters. The summed E-state index contributed by atoms with van der Waals surface area (Å²) in [6.07, 6.45) is -0.171.